The van der Waals surface area contributed by atoms with Gasteiger partial charge in [0.25, 0.3) is 11.8 Å². The van der Waals surface area contributed by atoms with E-state index in [4.69, 9.17) is 27.9 Å². The lowest BCUT2D eigenvalue weighted by Crippen LogP contribution is -2.35. The number of hydrogen-bond acceptors (Lipinski definition) is 4. The lowest BCUT2D eigenvalue weighted by molar-refractivity contribution is 0.0684. The van der Waals surface area contributed by atoms with Gasteiger partial charge in [0.15, 0.2) is 0 Å². The van der Waals surface area contributed by atoms with E-state index in [2.05, 4.69) is 17.2 Å². The Balaban J connectivity index is 1.56. The Morgan fingerprint density at radius 1 is 1.31 bits per heavy atom. The first kappa shape index (κ1) is 20.2. The summed E-state index contributed by atoms with van der Waals surface area (Å²) in [6.45, 7) is 4.45. The second-order valence-electron chi connectivity index (χ2n) is 7.38. The highest BCUT2D eigenvalue weighted by Crippen LogP contribution is 2.26. The highest BCUT2D eigenvalue weighted by atomic mass is 35.5. The quantitative estimate of drug-likeness (QED) is 0.745. The molecule has 1 N–H and O–H groups in total. The second-order valence-corrected chi connectivity index (χ2v) is 8.15. The molecule has 0 bridgehead atoms. The van der Waals surface area contributed by atoms with Crippen LogP contribution in [-0.2, 0) is 24.4 Å². The molecule has 29 heavy (non-hydrogen) atoms. The van der Waals surface area contributed by atoms with Crippen molar-refractivity contribution in [2.24, 2.45) is 0 Å². The number of hydrogen-bond donors (Lipinski definition) is 1. The third-order valence-electron chi connectivity index (χ3n) is 5.49. The predicted molar refractivity (Wildman–Crippen MR) is 109 cm³/mol. The zero-order chi connectivity index (χ0) is 20.5. The van der Waals surface area contributed by atoms with Gasteiger partial charge in [-0.25, -0.2) is 4.98 Å². The molecule has 154 valence electrons. The molecule has 0 aromatic carbocycles. The predicted octanol–water partition coefficient (Wildman–Crippen LogP) is 3.27. The normalized spacial score (nSPS) is 18.6. The summed E-state index contributed by atoms with van der Waals surface area (Å²) in [5, 5.41) is 3.42. The molecule has 2 amide bonds. The third kappa shape index (κ3) is 3.99. The number of carbonyl (C=O) groups excluding carboxylic acids is 2. The molecule has 0 radical (unpaired) electrons. The van der Waals surface area contributed by atoms with Crippen molar-refractivity contribution in [1.82, 2.24) is 19.8 Å². The maximum Gasteiger partial charge on any atom is 0.270 e. The van der Waals surface area contributed by atoms with Crippen LogP contribution < -0.4 is 5.32 Å². The van der Waals surface area contributed by atoms with Gasteiger partial charge in [-0.15, -0.1) is 0 Å². The molecule has 4 rings (SSSR count). The molecule has 0 spiro atoms. The molecule has 2 aliphatic rings. The first-order chi connectivity index (χ1) is 14.0. The molecule has 2 aromatic heterocycles. The molecule has 9 heteroatoms. The minimum Gasteiger partial charge on any atom is -0.373 e. The summed E-state index contributed by atoms with van der Waals surface area (Å²) >= 11 is 11.8. The zero-order valence-electron chi connectivity index (χ0n) is 16.1. The summed E-state index contributed by atoms with van der Waals surface area (Å²) in [6, 6.07) is 3.58. The lowest BCUT2D eigenvalue weighted by Gasteiger charge is -2.24. The molecule has 2 aliphatic heterocycles. The largest absolute Gasteiger partial charge is 0.373 e. The van der Waals surface area contributed by atoms with E-state index >= 15 is 0 Å². The van der Waals surface area contributed by atoms with Crippen molar-refractivity contribution in [3.63, 3.8) is 0 Å². The number of carbonyl (C=O) groups is 2. The maximum absolute atomic E-state index is 13.1. The third-order valence-corrected chi connectivity index (χ3v) is 6.18. The molecule has 4 heterocycles. The molecule has 1 saturated heterocycles. The molecule has 0 aliphatic carbocycles. The van der Waals surface area contributed by atoms with Gasteiger partial charge in [-0.05, 0) is 37.5 Å². The Kier molecular flexibility index (Phi) is 5.81. The summed E-state index contributed by atoms with van der Waals surface area (Å²) in [5.74, 6) is -0.287. The van der Waals surface area contributed by atoms with Crippen molar-refractivity contribution < 1.29 is 14.3 Å². The number of aromatic nitrogens is 2. The fourth-order valence-corrected chi connectivity index (χ4v) is 4.21. The Bertz CT molecular complexity index is 959. The van der Waals surface area contributed by atoms with Gasteiger partial charge in [0, 0.05) is 31.9 Å². The van der Waals surface area contributed by atoms with Crippen LogP contribution in [0.1, 0.15) is 51.9 Å². The number of fused-ring (bicyclic) bond motifs is 1. The summed E-state index contributed by atoms with van der Waals surface area (Å²) < 4.78 is 7.47. The fourth-order valence-electron chi connectivity index (χ4n) is 3.92. The molecule has 1 fully saturated rings. The zero-order valence-corrected chi connectivity index (χ0v) is 17.6. The Hall–Kier alpha value is -2.09. The van der Waals surface area contributed by atoms with Crippen LogP contribution in [0.5, 0.6) is 0 Å². The SMILES string of the molecule is C[C@H]1CCCN1C(=O)c1cc(C(=O)NCc2cnc(Cl)c(Cl)c2)c2n1CCOC2. The minimum atomic E-state index is -0.265. The molecular weight excluding hydrogens is 415 g/mol. The number of ether oxygens (including phenoxy) is 1. The number of amides is 2. The van der Waals surface area contributed by atoms with Crippen LogP contribution in [0, 0.1) is 0 Å². The van der Waals surface area contributed by atoms with Crippen LogP contribution in [0.4, 0.5) is 0 Å². The van der Waals surface area contributed by atoms with Gasteiger partial charge in [0.1, 0.15) is 10.8 Å². The number of rotatable bonds is 4. The van der Waals surface area contributed by atoms with E-state index in [0.717, 1.165) is 30.6 Å². The van der Waals surface area contributed by atoms with Crippen molar-refractivity contribution in [3.05, 3.63) is 51.0 Å². The van der Waals surface area contributed by atoms with Crippen LogP contribution in [0.25, 0.3) is 0 Å². The summed E-state index contributed by atoms with van der Waals surface area (Å²) in [5.41, 5.74) is 2.49. The summed E-state index contributed by atoms with van der Waals surface area (Å²) in [4.78, 5) is 31.9. The minimum absolute atomic E-state index is 0.0223. The highest BCUT2D eigenvalue weighted by Gasteiger charge is 2.31. The first-order valence-corrected chi connectivity index (χ1v) is 10.4. The number of nitrogens with one attached hydrogen (secondary N) is 1. The molecule has 1 atom stereocenters. The monoisotopic (exact) mass is 436 g/mol. The highest BCUT2D eigenvalue weighted by molar-refractivity contribution is 6.41. The Morgan fingerprint density at radius 3 is 2.86 bits per heavy atom. The molecule has 0 unspecified atom stereocenters. The van der Waals surface area contributed by atoms with Crippen LogP contribution >= 0.6 is 23.2 Å². The average Bonchev–Trinajstić information content (AvgIpc) is 3.32. The van der Waals surface area contributed by atoms with Crippen LogP contribution in [0.15, 0.2) is 18.3 Å². The molecule has 2 aromatic rings. The summed E-state index contributed by atoms with van der Waals surface area (Å²) in [6.07, 6.45) is 3.58. The van der Waals surface area contributed by atoms with Crippen LogP contribution in [-0.4, -0.2) is 45.5 Å². The van der Waals surface area contributed by atoms with E-state index in [1.165, 1.54) is 0 Å². The maximum atomic E-state index is 13.1. The van der Waals surface area contributed by atoms with Crippen molar-refractivity contribution >= 4 is 35.0 Å². The van der Waals surface area contributed by atoms with Gasteiger partial charge in [0.2, 0.25) is 0 Å². The molecule has 0 saturated carbocycles. The van der Waals surface area contributed by atoms with E-state index in [0.29, 0.717) is 36.0 Å². The van der Waals surface area contributed by atoms with Gasteiger partial charge >= 0.3 is 0 Å². The van der Waals surface area contributed by atoms with Gasteiger partial charge in [-0.2, -0.15) is 0 Å². The smallest absolute Gasteiger partial charge is 0.270 e. The van der Waals surface area contributed by atoms with E-state index in [-0.39, 0.29) is 29.6 Å². The van der Waals surface area contributed by atoms with Crippen LogP contribution in [0.2, 0.25) is 10.2 Å². The van der Waals surface area contributed by atoms with Crippen molar-refractivity contribution in [3.8, 4) is 0 Å². The first-order valence-electron chi connectivity index (χ1n) is 9.65. The Morgan fingerprint density at radius 2 is 2.14 bits per heavy atom. The topological polar surface area (TPSA) is 76.5 Å². The van der Waals surface area contributed by atoms with Crippen molar-refractivity contribution in [2.75, 3.05) is 13.2 Å². The second kappa shape index (κ2) is 8.34. The number of nitrogens with zero attached hydrogens (tertiary/aromatic N) is 3. The lowest BCUT2D eigenvalue weighted by atomic mass is 10.2. The van der Waals surface area contributed by atoms with Gasteiger partial charge in [0.05, 0.1) is 29.5 Å². The molecule has 7 nitrogen and oxygen atoms in total. The van der Waals surface area contributed by atoms with E-state index < -0.39 is 0 Å². The fraction of sp³-hybridized carbons (Fsp3) is 0.450. The molecular formula is C20H22Cl2N4O3. The van der Waals surface area contributed by atoms with Crippen molar-refractivity contribution in [2.45, 2.75) is 45.5 Å². The van der Waals surface area contributed by atoms with Crippen LogP contribution in [0.3, 0.4) is 0 Å². The Labute approximate surface area is 178 Å². The summed E-state index contributed by atoms with van der Waals surface area (Å²) in [7, 11) is 0. The van der Waals surface area contributed by atoms with E-state index in [1.54, 1.807) is 18.3 Å². The van der Waals surface area contributed by atoms with Gasteiger partial charge < -0.3 is 19.5 Å². The van der Waals surface area contributed by atoms with Gasteiger partial charge in [-0.1, -0.05) is 23.2 Å². The van der Waals surface area contributed by atoms with E-state index in [9.17, 15) is 9.59 Å². The average molecular weight is 437 g/mol. The number of halogens is 2. The number of pyridine rings is 1. The van der Waals surface area contributed by atoms with Gasteiger partial charge in [-0.3, -0.25) is 9.59 Å². The number of likely N-dealkylation sites (tertiary alicyclic amines) is 1. The van der Waals surface area contributed by atoms with E-state index in [1.807, 2.05) is 9.47 Å². The van der Waals surface area contributed by atoms with Crippen molar-refractivity contribution in [1.29, 1.82) is 0 Å². The standard InChI is InChI=1S/C20H22Cl2N4O3/c1-12-3-2-4-25(12)20(28)16-8-14(17-11-29-6-5-26(16)17)19(27)24-10-13-7-15(21)18(22)23-9-13/h7-9,12H,2-6,10-11H2,1H3,(H,24,27)/t12-/m0/s1.